The second kappa shape index (κ2) is 7.48. The molecular formula is C31H31N3O. The topological polar surface area (TPSA) is 54.8 Å². The van der Waals surface area contributed by atoms with Gasteiger partial charge in [0.2, 0.25) is 0 Å². The second-order valence-electron chi connectivity index (χ2n) is 10.7. The van der Waals surface area contributed by atoms with Crippen molar-refractivity contribution < 1.29 is 4.42 Å². The molecule has 2 N–H and O–H groups in total. The molecule has 3 atom stereocenters. The molecule has 4 heteroatoms. The maximum atomic E-state index is 6.62. The zero-order valence-electron chi connectivity index (χ0n) is 20.4. The summed E-state index contributed by atoms with van der Waals surface area (Å²) in [6.07, 6.45) is 25.3. The summed E-state index contributed by atoms with van der Waals surface area (Å²) < 4.78 is 6.62. The molecule has 1 aromatic carbocycles. The molecule has 0 amide bonds. The van der Waals surface area contributed by atoms with Crippen LogP contribution < -0.4 is 10.6 Å². The Labute approximate surface area is 206 Å². The lowest BCUT2D eigenvalue weighted by Gasteiger charge is -2.36. The quantitative estimate of drug-likeness (QED) is 0.532. The minimum Gasteiger partial charge on any atom is -0.456 e. The van der Waals surface area contributed by atoms with Crippen LogP contribution in [-0.4, -0.2) is 11.9 Å². The average Bonchev–Trinajstić information content (AvgIpc) is 3.36. The van der Waals surface area contributed by atoms with Gasteiger partial charge in [-0.15, -0.1) is 0 Å². The Morgan fingerprint density at radius 3 is 2.89 bits per heavy atom. The molecule has 0 spiro atoms. The van der Waals surface area contributed by atoms with Crippen LogP contribution in [0.3, 0.4) is 0 Å². The molecule has 35 heavy (non-hydrogen) atoms. The highest BCUT2D eigenvalue weighted by atomic mass is 16.3. The van der Waals surface area contributed by atoms with E-state index in [1.54, 1.807) is 0 Å². The number of hydrogen-bond acceptors (Lipinski definition) is 4. The van der Waals surface area contributed by atoms with Gasteiger partial charge in [-0.1, -0.05) is 49.5 Å². The summed E-state index contributed by atoms with van der Waals surface area (Å²) in [5.74, 6) is 2.30. The molecule has 2 aliphatic heterocycles. The molecule has 176 valence electrons. The fourth-order valence-corrected chi connectivity index (χ4v) is 6.57. The van der Waals surface area contributed by atoms with Crippen molar-refractivity contribution in [2.24, 2.45) is 16.6 Å². The van der Waals surface area contributed by atoms with Crippen molar-refractivity contribution in [1.82, 2.24) is 0 Å². The number of benzene rings is 1. The van der Waals surface area contributed by atoms with Crippen LogP contribution in [0.4, 0.5) is 5.69 Å². The Kier molecular flexibility index (Phi) is 4.45. The van der Waals surface area contributed by atoms with Crippen LogP contribution in [-0.2, 0) is 11.8 Å². The average molecular weight is 462 g/mol. The fourth-order valence-electron chi connectivity index (χ4n) is 6.57. The van der Waals surface area contributed by atoms with Crippen molar-refractivity contribution in [3.8, 4) is 0 Å². The van der Waals surface area contributed by atoms with Crippen LogP contribution in [0.1, 0.15) is 56.4 Å². The van der Waals surface area contributed by atoms with Gasteiger partial charge in [0.25, 0.3) is 0 Å². The van der Waals surface area contributed by atoms with Gasteiger partial charge < -0.3 is 15.1 Å². The van der Waals surface area contributed by atoms with E-state index in [1.165, 1.54) is 33.5 Å². The molecule has 0 fully saturated rings. The summed E-state index contributed by atoms with van der Waals surface area (Å²) in [7, 11) is 0. The van der Waals surface area contributed by atoms with Gasteiger partial charge in [0.1, 0.15) is 11.3 Å². The van der Waals surface area contributed by atoms with Gasteiger partial charge in [-0.3, -0.25) is 0 Å². The van der Waals surface area contributed by atoms with E-state index in [4.69, 9.17) is 10.2 Å². The standard InChI is InChI=1S/C31H31N3O/c1-19-12-15-26-23(17-19)22-13-14-25-29(30(22)35-26)31(2)16-4-3-10-27(31)34(25)21-8-5-7-20(18-21)24-9-6-11-28(32)33-24/h3-4,7,9-10,12-16,18-19,27H,5-6,8,11,17H2,1-2H3,(H2,32,33). The van der Waals surface area contributed by atoms with Gasteiger partial charge in [0.05, 0.1) is 17.6 Å². The molecular weight excluding hydrogens is 430 g/mol. The lowest BCUT2D eigenvalue weighted by Crippen LogP contribution is -2.41. The number of nitrogens with zero attached hydrogens (tertiary/aromatic N) is 2. The number of rotatable bonds is 2. The first-order valence-corrected chi connectivity index (χ1v) is 12.9. The minimum atomic E-state index is -0.159. The summed E-state index contributed by atoms with van der Waals surface area (Å²) in [5.41, 5.74) is 14.4. The Morgan fingerprint density at radius 1 is 1.11 bits per heavy atom. The van der Waals surface area contributed by atoms with Crippen molar-refractivity contribution in [1.29, 1.82) is 0 Å². The van der Waals surface area contributed by atoms with E-state index < -0.39 is 0 Å². The zero-order chi connectivity index (χ0) is 23.7. The molecule has 0 radical (unpaired) electrons. The fraction of sp³-hybridized carbons (Fsp3) is 0.323. The minimum absolute atomic E-state index is 0.159. The van der Waals surface area contributed by atoms with Crippen LogP contribution in [0.5, 0.6) is 0 Å². The first-order chi connectivity index (χ1) is 17.0. The number of nitrogens with two attached hydrogens (primary N) is 1. The van der Waals surface area contributed by atoms with Crippen LogP contribution >= 0.6 is 0 Å². The second-order valence-corrected chi connectivity index (χ2v) is 10.7. The number of furan rings is 1. The molecule has 3 aliphatic carbocycles. The lowest BCUT2D eigenvalue weighted by atomic mass is 9.75. The summed E-state index contributed by atoms with van der Waals surface area (Å²) in [4.78, 5) is 7.22. The zero-order valence-corrected chi connectivity index (χ0v) is 20.4. The van der Waals surface area contributed by atoms with E-state index in [-0.39, 0.29) is 11.5 Å². The first-order valence-electron chi connectivity index (χ1n) is 12.9. The van der Waals surface area contributed by atoms with Crippen molar-refractivity contribution in [2.75, 3.05) is 4.90 Å². The predicted molar refractivity (Wildman–Crippen MR) is 144 cm³/mol. The normalized spacial score (nSPS) is 28.8. The van der Waals surface area contributed by atoms with Gasteiger partial charge in [0.15, 0.2) is 0 Å². The molecule has 3 unspecified atom stereocenters. The van der Waals surface area contributed by atoms with Crippen LogP contribution in [0.2, 0.25) is 0 Å². The number of hydrogen-bond donors (Lipinski definition) is 1. The summed E-state index contributed by atoms with van der Waals surface area (Å²) in [5, 5.41) is 1.27. The number of fused-ring (bicyclic) bond motifs is 7. The third kappa shape index (κ3) is 3.02. The van der Waals surface area contributed by atoms with Gasteiger partial charge in [0, 0.05) is 39.7 Å². The van der Waals surface area contributed by atoms with Gasteiger partial charge in [-0.2, -0.15) is 0 Å². The van der Waals surface area contributed by atoms with E-state index >= 15 is 0 Å². The van der Waals surface area contributed by atoms with Crippen molar-refractivity contribution in [2.45, 2.75) is 57.4 Å². The van der Waals surface area contributed by atoms with E-state index in [9.17, 15) is 0 Å². The molecule has 3 heterocycles. The Hall–Kier alpha value is -3.53. The number of anilines is 1. The molecule has 1 aromatic heterocycles. The highest BCUT2D eigenvalue weighted by Gasteiger charge is 2.49. The molecule has 0 bridgehead atoms. The van der Waals surface area contributed by atoms with E-state index in [0.29, 0.717) is 5.92 Å². The summed E-state index contributed by atoms with van der Waals surface area (Å²) in [6.45, 7) is 4.64. The van der Waals surface area contributed by atoms with Crippen LogP contribution in [0, 0.1) is 5.92 Å². The van der Waals surface area contributed by atoms with Gasteiger partial charge in [-0.05, 0) is 68.4 Å². The van der Waals surface area contributed by atoms with Crippen molar-refractivity contribution >= 4 is 28.6 Å². The number of amidine groups is 1. The smallest absolute Gasteiger partial charge is 0.141 e. The number of allylic oxidation sites excluding steroid dienone is 7. The Morgan fingerprint density at radius 2 is 2.00 bits per heavy atom. The van der Waals surface area contributed by atoms with Gasteiger partial charge >= 0.3 is 0 Å². The lowest BCUT2D eigenvalue weighted by molar-refractivity contribution is 0.524. The highest BCUT2D eigenvalue weighted by Crippen LogP contribution is 2.54. The van der Waals surface area contributed by atoms with Crippen LogP contribution in [0.15, 0.2) is 87.1 Å². The third-order valence-corrected chi connectivity index (χ3v) is 8.30. The molecule has 7 rings (SSSR count). The largest absolute Gasteiger partial charge is 0.456 e. The monoisotopic (exact) mass is 461 g/mol. The Balaban J connectivity index is 1.40. The summed E-state index contributed by atoms with van der Waals surface area (Å²) in [6, 6.07) is 4.83. The maximum absolute atomic E-state index is 6.62. The molecule has 5 aliphatic rings. The number of aliphatic imine (C=N–C) groups is 1. The van der Waals surface area contributed by atoms with Crippen LogP contribution in [0.25, 0.3) is 17.0 Å². The summed E-state index contributed by atoms with van der Waals surface area (Å²) >= 11 is 0. The van der Waals surface area contributed by atoms with E-state index in [1.807, 2.05) is 0 Å². The molecule has 4 nitrogen and oxygen atoms in total. The SMILES string of the molecule is CC1C=Cc2oc3c4c(ccc3c2C1)N(C1=CC(C2=CCCC(N)=N2)=CCC1)C1C=CC=CC41C. The molecule has 0 saturated heterocycles. The predicted octanol–water partition coefficient (Wildman–Crippen LogP) is 6.85. The van der Waals surface area contributed by atoms with Gasteiger partial charge in [-0.25, -0.2) is 4.99 Å². The van der Waals surface area contributed by atoms with E-state index in [0.717, 1.165) is 55.0 Å². The Bertz CT molecular complexity index is 1470. The third-order valence-electron chi connectivity index (χ3n) is 8.30. The molecule has 2 aromatic rings. The van der Waals surface area contributed by atoms with Crippen molar-refractivity contribution in [3.63, 3.8) is 0 Å². The highest BCUT2D eigenvalue weighted by molar-refractivity contribution is 5.95. The maximum Gasteiger partial charge on any atom is 0.141 e. The molecule has 0 saturated carbocycles. The van der Waals surface area contributed by atoms with Crippen molar-refractivity contribution in [3.05, 3.63) is 94.6 Å². The first kappa shape index (κ1) is 20.8. The van der Waals surface area contributed by atoms with E-state index in [2.05, 4.69) is 90.6 Å².